The van der Waals surface area contributed by atoms with E-state index in [9.17, 15) is 5.11 Å². The van der Waals surface area contributed by atoms with E-state index in [4.69, 9.17) is 18.9 Å². The Bertz CT molecular complexity index is 676. The first-order chi connectivity index (χ1) is 13.3. The van der Waals surface area contributed by atoms with Crippen molar-refractivity contribution in [1.29, 1.82) is 0 Å². The molecule has 0 unspecified atom stereocenters. The van der Waals surface area contributed by atoms with Crippen molar-refractivity contribution in [2.75, 3.05) is 13.2 Å². The molecule has 1 N–H and O–H groups in total. The largest absolute Gasteiger partial charge is 0.374 e. The van der Waals surface area contributed by atoms with E-state index in [1.54, 1.807) is 6.08 Å². The van der Waals surface area contributed by atoms with Crippen LogP contribution in [0.15, 0.2) is 73.3 Å². The fourth-order valence-electron chi connectivity index (χ4n) is 3.03. The highest BCUT2D eigenvalue weighted by Crippen LogP contribution is 2.27. The van der Waals surface area contributed by atoms with Crippen LogP contribution in [0.3, 0.4) is 0 Å². The van der Waals surface area contributed by atoms with Crippen molar-refractivity contribution in [1.82, 2.24) is 0 Å². The van der Waals surface area contributed by atoms with Gasteiger partial charge in [-0.25, -0.2) is 0 Å². The summed E-state index contributed by atoms with van der Waals surface area (Å²) in [5.41, 5.74) is 2.10. The summed E-state index contributed by atoms with van der Waals surface area (Å²) in [5.74, 6) is 0. The van der Waals surface area contributed by atoms with Gasteiger partial charge in [-0.15, -0.1) is 6.58 Å². The van der Waals surface area contributed by atoms with Crippen LogP contribution in [-0.4, -0.2) is 42.9 Å². The van der Waals surface area contributed by atoms with Crippen molar-refractivity contribution < 1.29 is 24.1 Å². The Labute approximate surface area is 160 Å². The second kappa shape index (κ2) is 10.3. The van der Waals surface area contributed by atoms with Crippen molar-refractivity contribution in [3.8, 4) is 0 Å². The third kappa shape index (κ3) is 5.73. The molecule has 1 fully saturated rings. The highest BCUT2D eigenvalue weighted by atomic mass is 16.7. The van der Waals surface area contributed by atoms with Crippen molar-refractivity contribution in [3.05, 3.63) is 84.4 Å². The Morgan fingerprint density at radius 3 is 2.15 bits per heavy atom. The van der Waals surface area contributed by atoms with Gasteiger partial charge in [0.05, 0.1) is 26.4 Å². The van der Waals surface area contributed by atoms with Gasteiger partial charge in [-0.3, -0.25) is 0 Å². The molecule has 1 heterocycles. The molecule has 144 valence electrons. The molecular formula is C22H26O5. The predicted octanol–water partition coefficient (Wildman–Crippen LogP) is 3.08. The quantitative estimate of drug-likeness (QED) is 0.652. The van der Waals surface area contributed by atoms with Crippen molar-refractivity contribution in [2.45, 2.75) is 37.8 Å². The van der Waals surface area contributed by atoms with Gasteiger partial charge in [-0.05, 0) is 11.1 Å². The van der Waals surface area contributed by atoms with Gasteiger partial charge >= 0.3 is 0 Å². The molecule has 0 aliphatic carbocycles. The van der Waals surface area contributed by atoms with Gasteiger partial charge in [0.1, 0.15) is 18.3 Å². The first-order valence-electron chi connectivity index (χ1n) is 9.11. The molecule has 0 amide bonds. The van der Waals surface area contributed by atoms with Crippen molar-refractivity contribution in [2.24, 2.45) is 0 Å². The fraction of sp³-hybridized carbons (Fsp3) is 0.364. The van der Waals surface area contributed by atoms with Gasteiger partial charge in [0.2, 0.25) is 0 Å². The average molecular weight is 370 g/mol. The molecule has 5 nitrogen and oxygen atoms in total. The Hall–Kier alpha value is -2.02. The van der Waals surface area contributed by atoms with Gasteiger partial charge in [0.25, 0.3) is 0 Å². The summed E-state index contributed by atoms with van der Waals surface area (Å²) in [4.78, 5) is 0. The highest BCUT2D eigenvalue weighted by molar-refractivity contribution is 5.14. The van der Waals surface area contributed by atoms with E-state index >= 15 is 0 Å². The molecule has 1 aliphatic heterocycles. The molecule has 2 aromatic rings. The Morgan fingerprint density at radius 1 is 0.889 bits per heavy atom. The summed E-state index contributed by atoms with van der Waals surface area (Å²) in [6.45, 7) is 5.18. The summed E-state index contributed by atoms with van der Waals surface area (Å²) in [7, 11) is 0. The number of benzene rings is 2. The SMILES string of the molecule is C=CCO[C@@H]1[C@@H](OCc2ccccc2)[C@H](O)O[C@H]1COCc1ccccc1. The molecule has 27 heavy (non-hydrogen) atoms. The average Bonchev–Trinajstić information content (AvgIpc) is 3.00. The van der Waals surface area contributed by atoms with Crippen LogP contribution in [0.4, 0.5) is 0 Å². The lowest BCUT2D eigenvalue weighted by Crippen LogP contribution is -2.39. The minimum atomic E-state index is -1.06. The maximum atomic E-state index is 10.3. The number of rotatable bonds is 10. The minimum absolute atomic E-state index is 0.305. The molecule has 1 aliphatic rings. The molecule has 3 rings (SSSR count). The molecule has 0 aromatic heterocycles. The van der Waals surface area contributed by atoms with E-state index in [1.165, 1.54) is 0 Å². The summed E-state index contributed by atoms with van der Waals surface area (Å²) in [6.07, 6.45) is -0.827. The van der Waals surface area contributed by atoms with E-state index in [1.807, 2.05) is 60.7 Å². The van der Waals surface area contributed by atoms with Gasteiger partial charge in [-0.1, -0.05) is 66.7 Å². The normalized spacial score (nSPS) is 24.8. The van der Waals surface area contributed by atoms with Crippen LogP contribution < -0.4 is 0 Å². The molecule has 0 spiro atoms. The zero-order valence-electron chi connectivity index (χ0n) is 15.3. The Balaban J connectivity index is 1.56. The summed E-state index contributed by atoms with van der Waals surface area (Å²) < 4.78 is 23.2. The van der Waals surface area contributed by atoms with Gasteiger partial charge in [0, 0.05) is 0 Å². The lowest BCUT2D eigenvalue weighted by Gasteiger charge is -2.23. The van der Waals surface area contributed by atoms with Crippen LogP contribution in [0.25, 0.3) is 0 Å². The summed E-state index contributed by atoms with van der Waals surface area (Å²) in [6, 6.07) is 19.7. The van der Waals surface area contributed by atoms with E-state index in [-0.39, 0.29) is 0 Å². The fourth-order valence-corrected chi connectivity index (χ4v) is 3.03. The maximum absolute atomic E-state index is 10.3. The summed E-state index contributed by atoms with van der Waals surface area (Å²) >= 11 is 0. The van der Waals surface area contributed by atoms with Crippen LogP contribution in [0.2, 0.25) is 0 Å². The number of ether oxygens (including phenoxy) is 4. The molecule has 0 bridgehead atoms. The Kier molecular flexibility index (Phi) is 7.56. The number of aliphatic hydroxyl groups excluding tert-OH is 1. The third-order valence-electron chi connectivity index (χ3n) is 4.37. The van der Waals surface area contributed by atoms with Crippen LogP contribution in [0.5, 0.6) is 0 Å². The Morgan fingerprint density at radius 2 is 1.52 bits per heavy atom. The minimum Gasteiger partial charge on any atom is -0.374 e. The molecule has 0 saturated carbocycles. The zero-order valence-corrected chi connectivity index (χ0v) is 15.3. The van der Waals surface area contributed by atoms with E-state index in [0.29, 0.717) is 26.4 Å². The smallest absolute Gasteiger partial charge is 0.184 e. The molecule has 5 heteroatoms. The van der Waals surface area contributed by atoms with E-state index in [0.717, 1.165) is 11.1 Å². The zero-order chi connectivity index (χ0) is 18.9. The number of aliphatic hydroxyl groups is 1. The molecule has 2 aromatic carbocycles. The van der Waals surface area contributed by atoms with Crippen LogP contribution in [0.1, 0.15) is 11.1 Å². The molecule has 4 atom stereocenters. The topological polar surface area (TPSA) is 57.2 Å². The van der Waals surface area contributed by atoms with Gasteiger partial charge in [-0.2, -0.15) is 0 Å². The molecule has 0 radical (unpaired) electrons. The first-order valence-corrected chi connectivity index (χ1v) is 9.11. The lowest BCUT2D eigenvalue weighted by molar-refractivity contribution is -0.153. The monoisotopic (exact) mass is 370 g/mol. The molecular weight excluding hydrogens is 344 g/mol. The maximum Gasteiger partial charge on any atom is 0.184 e. The van der Waals surface area contributed by atoms with Crippen LogP contribution in [-0.2, 0) is 32.2 Å². The first kappa shape index (κ1) is 19.7. The second-order valence-electron chi connectivity index (χ2n) is 6.41. The van der Waals surface area contributed by atoms with Crippen LogP contribution >= 0.6 is 0 Å². The standard InChI is InChI=1S/C22H26O5/c1-2-13-25-20-19(16-24-14-17-9-5-3-6-10-17)27-22(23)21(20)26-15-18-11-7-4-8-12-18/h2-12,19-23H,1,13-16H2/t19-,20-,21+,22+/m0/s1. The van der Waals surface area contributed by atoms with Gasteiger partial charge < -0.3 is 24.1 Å². The predicted molar refractivity (Wildman–Crippen MR) is 102 cm³/mol. The van der Waals surface area contributed by atoms with Gasteiger partial charge in [0.15, 0.2) is 6.29 Å². The summed E-state index contributed by atoms with van der Waals surface area (Å²) in [5, 5.41) is 10.3. The van der Waals surface area contributed by atoms with Crippen LogP contribution in [0, 0.1) is 0 Å². The van der Waals surface area contributed by atoms with Crippen molar-refractivity contribution >= 4 is 0 Å². The number of hydrogen-bond donors (Lipinski definition) is 1. The number of hydrogen-bond acceptors (Lipinski definition) is 5. The molecule has 1 saturated heterocycles. The third-order valence-corrected chi connectivity index (χ3v) is 4.37. The van der Waals surface area contributed by atoms with E-state index < -0.39 is 24.6 Å². The second-order valence-corrected chi connectivity index (χ2v) is 6.41. The highest BCUT2D eigenvalue weighted by Gasteiger charge is 2.45. The van der Waals surface area contributed by atoms with Crippen molar-refractivity contribution in [3.63, 3.8) is 0 Å². The lowest BCUT2D eigenvalue weighted by atomic mass is 10.1. The van der Waals surface area contributed by atoms with E-state index in [2.05, 4.69) is 6.58 Å².